The minimum atomic E-state index is 0.353. The van der Waals surface area contributed by atoms with Crippen LogP contribution in [0.4, 0.5) is 0 Å². The summed E-state index contributed by atoms with van der Waals surface area (Å²) >= 11 is 0. The fourth-order valence-corrected chi connectivity index (χ4v) is 2.65. The van der Waals surface area contributed by atoms with Gasteiger partial charge in [0.05, 0.1) is 5.69 Å². The van der Waals surface area contributed by atoms with E-state index >= 15 is 0 Å². The molecule has 6 heteroatoms. The summed E-state index contributed by atoms with van der Waals surface area (Å²) in [5.41, 5.74) is 5.01. The first-order valence-corrected chi connectivity index (χ1v) is 7.83. The van der Waals surface area contributed by atoms with Crippen molar-refractivity contribution in [2.24, 2.45) is 0 Å². The molecular weight excluding hydrogens is 324 g/mol. The van der Waals surface area contributed by atoms with E-state index in [9.17, 15) is 0 Å². The largest absolute Gasteiger partial charge is 0.265 e. The van der Waals surface area contributed by atoms with Crippen LogP contribution in [-0.4, -0.2) is 25.1 Å². The molecule has 0 aliphatic carbocycles. The van der Waals surface area contributed by atoms with Crippen molar-refractivity contribution in [3.05, 3.63) is 79.1 Å². The highest BCUT2D eigenvalue weighted by Crippen LogP contribution is 2.36. The van der Waals surface area contributed by atoms with E-state index in [-0.39, 0.29) is 0 Å². The lowest BCUT2D eigenvalue weighted by molar-refractivity contribution is 1.02. The molecular formula is C20H11N6. The minimum Gasteiger partial charge on any atom is -0.265 e. The molecule has 1 radical (unpaired) electrons. The monoisotopic (exact) mass is 335 g/mol. The fourth-order valence-electron chi connectivity index (χ4n) is 2.65. The van der Waals surface area contributed by atoms with E-state index < -0.39 is 0 Å². The van der Waals surface area contributed by atoms with Gasteiger partial charge in [-0.15, -0.1) is 10.2 Å². The zero-order chi connectivity index (χ0) is 17.8. The van der Waals surface area contributed by atoms with E-state index in [0.717, 1.165) is 22.3 Å². The fraction of sp³-hybridized carbons (Fsp3) is 0. The van der Waals surface area contributed by atoms with Gasteiger partial charge < -0.3 is 0 Å². The van der Waals surface area contributed by atoms with Crippen molar-refractivity contribution in [1.82, 2.24) is 25.1 Å². The summed E-state index contributed by atoms with van der Waals surface area (Å²) in [6, 6.07) is 15.0. The normalized spacial score (nSPS) is 10.3. The summed E-state index contributed by atoms with van der Waals surface area (Å²) in [6.45, 7) is 0. The molecule has 4 aromatic rings. The molecule has 4 rings (SSSR count). The SMILES string of the molecule is N#Cc1ccc(-c2[c]nnc(-c3ccccn3)c2-c2ccncc2)cn1. The first-order valence-electron chi connectivity index (χ1n) is 7.83. The molecule has 0 unspecified atom stereocenters. The predicted octanol–water partition coefficient (Wildman–Crippen LogP) is 3.33. The van der Waals surface area contributed by atoms with Crippen LogP contribution in [0.5, 0.6) is 0 Å². The zero-order valence-corrected chi connectivity index (χ0v) is 13.5. The summed E-state index contributed by atoms with van der Waals surface area (Å²) in [5.74, 6) is 0. The summed E-state index contributed by atoms with van der Waals surface area (Å²) in [5, 5.41) is 17.3. The first kappa shape index (κ1) is 15.5. The van der Waals surface area contributed by atoms with Crippen molar-refractivity contribution >= 4 is 0 Å². The van der Waals surface area contributed by atoms with E-state index in [2.05, 4.69) is 31.3 Å². The third-order valence-electron chi connectivity index (χ3n) is 3.84. The number of rotatable bonds is 3. The van der Waals surface area contributed by atoms with Crippen LogP contribution in [0.1, 0.15) is 5.69 Å². The molecule has 0 amide bonds. The number of nitrogens with zero attached hydrogens (tertiary/aromatic N) is 6. The van der Waals surface area contributed by atoms with Gasteiger partial charge in [-0.3, -0.25) is 9.97 Å². The third-order valence-corrected chi connectivity index (χ3v) is 3.84. The standard InChI is InChI=1S/C20H11N6/c21-11-16-5-4-15(12-24-16)17-13-25-26-20(18-3-1-2-8-23-18)19(17)14-6-9-22-10-7-14/h1-10,12H. The van der Waals surface area contributed by atoms with Crippen LogP contribution in [0.2, 0.25) is 0 Å². The topological polar surface area (TPSA) is 88.2 Å². The van der Waals surface area contributed by atoms with Crippen LogP contribution in [0.3, 0.4) is 0 Å². The number of nitriles is 1. The first-order chi connectivity index (χ1) is 12.9. The summed E-state index contributed by atoms with van der Waals surface area (Å²) < 4.78 is 0. The lowest BCUT2D eigenvalue weighted by Gasteiger charge is -2.12. The van der Waals surface area contributed by atoms with Gasteiger partial charge in [0.15, 0.2) is 0 Å². The molecule has 0 aliphatic heterocycles. The lowest BCUT2D eigenvalue weighted by atomic mass is 9.95. The Labute approximate surface area is 149 Å². The molecule has 4 heterocycles. The Kier molecular flexibility index (Phi) is 4.11. The van der Waals surface area contributed by atoms with Gasteiger partial charge in [0.2, 0.25) is 0 Å². The lowest BCUT2D eigenvalue weighted by Crippen LogP contribution is -1.98. The molecule has 0 atom stereocenters. The molecule has 0 saturated heterocycles. The molecule has 0 aliphatic rings. The Hall–Kier alpha value is -3.98. The molecule has 0 spiro atoms. The van der Waals surface area contributed by atoms with Gasteiger partial charge in [0.1, 0.15) is 23.7 Å². The van der Waals surface area contributed by atoms with Crippen molar-refractivity contribution in [3.8, 4) is 39.7 Å². The molecule has 0 saturated carbocycles. The summed E-state index contributed by atoms with van der Waals surface area (Å²) in [4.78, 5) is 12.6. The number of pyridine rings is 3. The smallest absolute Gasteiger partial charge is 0.140 e. The Morgan fingerprint density at radius 2 is 1.77 bits per heavy atom. The molecule has 121 valence electrons. The predicted molar refractivity (Wildman–Crippen MR) is 95.3 cm³/mol. The van der Waals surface area contributed by atoms with Crippen molar-refractivity contribution in [3.63, 3.8) is 0 Å². The summed E-state index contributed by atoms with van der Waals surface area (Å²) in [7, 11) is 0. The van der Waals surface area contributed by atoms with Gasteiger partial charge in [-0.1, -0.05) is 6.07 Å². The van der Waals surface area contributed by atoms with Gasteiger partial charge in [-0.25, -0.2) is 4.98 Å². The molecule has 26 heavy (non-hydrogen) atoms. The van der Waals surface area contributed by atoms with Crippen LogP contribution in [0.15, 0.2) is 67.3 Å². The second-order valence-electron chi connectivity index (χ2n) is 5.41. The molecule has 6 nitrogen and oxygen atoms in total. The van der Waals surface area contributed by atoms with Crippen LogP contribution < -0.4 is 0 Å². The maximum atomic E-state index is 8.97. The zero-order valence-electron chi connectivity index (χ0n) is 13.5. The van der Waals surface area contributed by atoms with Crippen LogP contribution in [-0.2, 0) is 0 Å². The second-order valence-corrected chi connectivity index (χ2v) is 5.41. The number of aromatic nitrogens is 5. The Morgan fingerprint density at radius 3 is 2.46 bits per heavy atom. The van der Waals surface area contributed by atoms with Gasteiger partial charge in [0, 0.05) is 41.5 Å². The highest BCUT2D eigenvalue weighted by atomic mass is 15.1. The Bertz CT molecular complexity index is 1070. The van der Waals surface area contributed by atoms with Crippen molar-refractivity contribution in [1.29, 1.82) is 5.26 Å². The van der Waals surface area contributed by atoms with Gasteiger partial charge in [-0.05, 0) is 42.0 Å². The van der Waals surface area contributed by atoms with E-state index in [4.69, 9.17) is 5.26 Å². The highest BCUT2D eigenvalue weighted by Gasteiger charge is 2.17. The van der Waals surface area contributed by atoms with Gasteiger partial charge in [0.25, 0.3) is 0 Å². The molecule has 0 N–H and O–H groups in total. The third kappa shape index (κ3) is 2.89. The average Bonchev–Trinajstić information content (AvgIpc) is 2.74. The highest BCUT2D eigenvalue weighted by molar-refractivity contribution is 5.90. The van der Waals surface area contributed by atoms with E-state index in [1.165, 1.54) is 0 Å². The Morgan fingerprint density at radius 1 is 0.885 bits per heavy atom. The van der Waals surface area contributed by atoms with Crippen molar-refractivity contribution in [2.75, 3.05) is 0 Å². The van der Waals surface area contributed by atoms with Crippen LogP contribution in [0, 0.1) is 17.5 Å². The molecule has 4 aromatic heterocycles. The maximum Gasteiger partial charge on any atom is 0.140 e. The number of hydrogen-bond acceptors (Lipinski definition) is 6. The maximum absolute atomic E-state index is 8.97. The molecule has 0 fully saturated rings. The summed E-state index contributed by atoms with van der Waals surface area (Å²) in [6.07, 6.45) is 9.76. The van der Waals surface area contributed by atoms with E-state index in [1.54, 1.807) is 30.9 Å². The van der Waals surface area contributed by atoms with Crippen molar-refractivity contribution in [2.45, 2.75) is 0 Å². The Balaban J connectivity index is 1.98. The van der Waals surface area contributed by atoms with Crippen LogP contribution in [0.25, 0.3) is 33.6 Å². The van der Waals surface area contributed by atoms with E-state index in [0.29, 0.717) is 17.1 Å². The van der Waals surface area contributed by atoms with Gasteiger partial charge in [-0.2, -0.15) is 5.26 Å². The molecule has 0 aromatic carbocycles. The van der Waals surface area contributed by atoms with Crippen molar-refractivity contribution < 1.29 is 0 Å². The second kappa shape index (κ2) is 6.87. The quantitative estimate of drug-likeness (QED) is 0.570. The number of hydrogen-bond donors (Lipinski definition) is 0. The van der Waals surface area contributed by atoms with Gasteiger partial charge >= 0.3 is 0 Å². The van der Waals surface area contributed by atoms with Crippen LogP contribution >= 0.6 is 0 Å². The average molecular weight is 335 g/mol. The van der Waals surface area contributed by atoms with E-state index in [1.807, 2.05) is 42.5 Å². The minimum absolute atomic E-state index is 0.353. The molecule has 0 bridgehead atoms.